The molecule has 26 heavy (non-hydrogen) atoms. The lowest BCUT2D eigenvalue weighted by molar-refractivity contribution is -0.112. The molecule has 1 fully saturated rings. The van der Waals surface area contributed by atoms with Gasteiger partial charge in [-0.2, -0.15) is 5.26 Å². The van der Waals surface area contributed by atoms with Gasteiger partial charge in [-0.25, -0.2) is 0 Å². The number of thioether (sulfide) groups is 1. The third kappa shape index (κ3) is 4.07. The van der Waals surface area contributed by atoms with E-state index < -0.39 is 0 Å². The summed E-state index contributed by atoms with van der Waals surface area (Å²) in [4.78, 5) is 16.2. The highest BCUT2D eigenvalue weighted by Crippen LogP contribution is 2.41. The summed E-state index contributed by atoms with van der Waals surface area (Å²) in [7, 11) is 0. The lowest BCUT2D eigenvalue weighted by Crippen LogP contribution is -2.35. The molecule has 1 aromatic carbocycles. The number of hydrogen-bond donors (Lipinski definition) is 0. The van der Waals surface area contributed by atoms with Gasteiger partial charge in [0.2, 0.25) is 0 Å². The topological polar surface area (TPSA) is 47.3 Å². The van der Waals surface area contributed by atoms with E-state index in [1.165, 1.54) is 18.5 Å². The molecule has 0 amide bonds. The Morgan fingerprint density at radius 3 is 2.54 bits per heavy atom. The van der Waals surface area contributed by atoms with Crippen LogP contribution in [-0.4, -0.2) is 36.2 Å². The molecule has 3 rings (SSSR count). The number of carbonyl (C=O) groups excluding carboxylic acids is 1. The standard InChI is InChI=1S/C21H27N3OS/c1-16(2)13-18(14-25)21-24(12-9-22)20(15-26-21)17-5-7-19(8-6-17)23-10-3-4-11-23/h5-8,14-16,18,21H,3-4,10-13H2,1-2H3. The van der Waals surface area contributed by atoms with Gasteiger partial charge in [0, 0.05) is 24.7 Å². The van der Waals surface area contributed by atoms with Crippen molar-refractivity contribution >= 4 is 29.4 Å². The van der Waals surface area contributed by atoms with Gasteiger partial charge in [0.05, 0.1) is 17.1 Å². The van der Waals surface area contributed by atoms with Crippen molar-refractivity contribution in [3.63, 3.8) is 0 Å². The van der Waals surface area contributed by atoms with Crippen molar-refractivity contribution in [2.75, 3.05) is 24.5 Å². The number of anilines is 1. The quantitative estimate of drug-likeness (QED) is 0.528. The minimum atomic E-state index is -0.0639. The fraction of sp³-hybridized carbons (Fsp3) is 0.524. The Morgan fingerprint density at radius 2 is 1.96 bits per heavy atom. The maximum absolute atomic E-state index is 11.7. The van der Waals surface area contributed by atoms with Crippen LogP contribution < -0.4 is 4.90 Å². The summed E-state index contributed by atoms with van der Waals surface area (Å²) in [6, 6.07) is 10.9. The minimum Gasteiger partial charge on any atom is -0.372 e. The first kappa shape index (κ1) is 18.8. The summed E-state index contributed by atoms with van der Waals surface area (Å²) < 4.78 is 0. The van der Waals surface area contributed by atoms with Gasteiger partial charge in [0.15, 0.2) is 0 Å². The molecule has 138 valence electrons. The largest absolute Gasteiger partial charge is 0.372 e. The van der Waals surface area contributed by atoms with Gasteiger partial charge in [-0.05, 0) is 48.3 Å². The van der Waals surface area contributed by atoms with Crippen molar-refractivity contribution < 1.29 is 4.79 Å². The fourth-order valence-corrected chi connectivity index (χ4v) is 5.08. The van der Waals surface area contributed by atoms with Crippen molar-refractivity contribution in [2.24, 2.45) is 11.8 Å². The normalized spacial score (nSPS) is 21.0. The summed E-state index contributed by atoms with van der Waals surface area (Å²) in [6.45, 7) is 6.85. The average molecular weight is 370 g/mol. The van der Waals surface area contributed by atoms with E-state index >= 15 is 0 Å². The highest BCUT2D eigenvalue weighted by atomic mass is 32.2. The first-order chi connectivity index (χ1) is 12.6. The summed E-state index contributed by atoms with van der Waals surface area (Å²) in [5.74, 6) is 0.393. The number of benzene rings is 1. The lowest BCUT2D eigenvalue weighted by atomic mass is 9.97. The molecule has 2 heterocycles. The molecule has 0 radical (unpaired) electrons. The van der Waals surface area contributed by atoms with Crippen molar-refractivity contribution in [2.45, 2.75) is 38.5 Å². The van der Waals surface area contributed by atoms with E-state index in [-0.39, 0.29) is 11.3 Å². The third-order valence-corrected chi connectivity index (χ3v) is 6.34. The molecular formula is C21H27N3OS. The monoisotopic (exact) mass is 369 g/mol. The van der Waals surface area contributed by atoms with Crippen molar-refractivity contribution in [1.29, 1.82) is 5.26 Å². The predicted octanol–water partition coefficient (Wildman–Crippen LogP) is 4.34. The fourth-order valence-electron chi connectivity index (χ4n) is 3.83. The van der Waals surface area contributed by atoms with E-state index in [0.717, 1.165) is 37.1 Å². The number of nitriles is 1. The summed E-state index contributed by atoms with van der Waals surface area (Å²) >= 11 is 1.67. The van der Waals surface area contributed by atoms with E-state index in [1.54, 1.807) is 11.8 Å². The molecule has 1 saturated heterocycles. The zero-order chi connectivity index (χ0) is 18.5. The number of hydrogen-bond acceptors (Lipinski definition) is 5. The predicted molar refractivity (Wildman–Crippen MR) is 109 cm³/mol. The Bertz CT molecular complexity index is 686. The second kappa shape index (κ2) is 8.64. The van der Waals surface area contributed by atoms with Crippen LogP contribution in [0.15, 0.2) is 29.7 Å². The van der Waals surface area contributed by atoms with Gasteiger partial charge in [-0.3, -0.25) is 0 Å². The second-order valence-electron chi connectivity index (χ2n) is 7.49. The zero-order valence-corrected chi connectivity index (χ0v) is 16.4. The number of rotatable bonds is 7. The van der Waals surface area contributed by atoms with Crippen LogP contribution in [0, 0.1) is 23.2 Å². The summed E-state index contributed by atoms with van der Waals surface area (Å²) in [6.07, 6.45) is 4.45. The van der Waals surface area contributed by atoms with Crippen LogP contribution in [0.3, 0.4) is 0 Å². The van der Waals surface area contributed by atoms with Crippen molar-refractivity contribution in [1.82, 2.24) is 4.90 Å². The van der Waals surface area contributed by atoms with Gasteiger partial charge in [-0.1, -0.05) is 26.0 Å². The molecule has 0 spiro atoms. The molecule has 4 nitrogen and oxygen atoms in total. The van der Waals surface area contributed by atoms with E-state index in [1.807, 2.05) is 0 Å². The number of aldehydes is 1. The Morgan fingerprint density at radius 1 is 1.27 bits per heavy atom. The highest BCUT2D eigenvalue weighted by molar-refractivity contribution is 8.03. The van der Waals surface area contributed by atoms with E-state index in [0.29, 0.717) is 12.5 Å². The van der Waals surface area contributed by atoms with Crippen LogP contribution in [0.1, 0.15) is 38.7 Å². The molecule has 0 saturated carbocycles. The van der Waals surface area contributed by atoms with Gasteiger partial charge >= 0.3 is 0 Å². The second-order valence-corrected chi connectivity index (χ2v) is 8.48. The highest BCUT2D eigenvalue weighted by Gasteiger charge is 2.34. The summed E-state index contributed by atoms with van der Waals surface area (Å²) in [5.41, 5.74) is 3.45. The van der Waals surface area contributed by atoms with Gasteiger partial charge in [0.25, 0.3) is 0 Å². The smallest absolute Gasteiger partial charge is 0.126 e. The first-order valence-corrected chi connectivity index (χ1v) is 10.4. The average Bonchev–Trinajstić information content (AvgIpc) is 3.30. The lowest BCUT2D eigenvalue weighted by Gasteiger charge is -2.31. The van der Waals surface area contributed by atoms with Gasteiger partial charge in [0.1, 0.15) is 12.8 Å². The van der Waals surface area contributed by atoms with Crippen LogP contribution in [0.4, 0.5) is 5.69 Å². The molecule has 0 aliphatic carbocycles. The molecule has 2 atom stereocenters. The Labute approximate surface area is 160 Å². The molecule has 5 heteroatoms. The van der Waals surface area contributed by atoms with Crippen LogP contribution in [0.5, 0.6) is 0 Å². The van der Waals surface area contributed by atoms with Crippen molar-refractivity contribution in [3.05, 3.63) is 35.2 Å². The Hall–Kier alpha value is -1.93. The van der Waals surface area contributed by atoms with Crippen LogP contribution >= 0.6 is 11.8 Å². The first-order valence-electron chi connectivity index (χ1n) is 9.44. The molecule has 2 unspecified atom stereocenters. The van der Waals surface area contributed by atoms with Gasteiger partial charge < -0.3 is 14.6 Å². The Balaban J connectivity index is 1.78. The maximum Gasteiger partial charge on any atom is 0.126 e. The molecule has 1 aromatic rings. The van der Waals surface area contributed by atoms with E-state index in [9.17, 15) is 10.1 Å². The third-order valence-electron chi connectivity index (χ3n) is 5.10. The molecule has 2 aliphatic heterocycles. The minimum absolute atomic E-state index is 0.0165. The zero-order valence-electron chi connectivity index (χ0n) is 15.6. The molecule has 0 N–H and O–H groups in total. The summed E-state index contributed by atoms with van der Waals surface area (Å²) in [5, 5.41) is 11.4. The van der Waals surface area contributed by atoms with Gasteiger partial charge in [-0.15, -0.1) is 11.8 Å². The maximum atomic E-state index is 11.7. The SMILES string of the molecule is CC(C)CC(C=O)C1SC=C(c2ccc(N3CCCC3)cc2)N1CC#N. The number of carbonyl (C=O) groups is 1. The van der Waals surface area contributed by atoms with E-state index in [4.69, 9.17) is 0 Å². The van der Waals surface area contributed by atoms with Crippen LogP contribution in [-0.2, 0) is 4.79 Å². The Kier molecular flexibility index (Phi) is 6.26. The number of nitrogens with zero attached hydrogens (tertiary/aromatic N) is 3. The molecular weight excluding hydrogens is 342 g/mol. The van der Waals surface area contributed by atoms with Crippen LogP contribution in [0.2, 0.25) is 0 Å². The molecule has 0 bridgehead atoms. The van der Waals surface area contributed by atoms with E-state index in [2.05, 4.69) is 59.4 Å². The molecule has 0 aromatic heterocycles. The molecule has 2 aliphatic rings. The van der Waals surface area contributed by atoms with Crippen LogP contribution in [0.25, 0.3) is 5.70 Å². The van der Waals surface area contributed by atoms with Crippen molar-refractivity contribution in [3.8, 4) is 6.07 Å².